The zero-order chi connectivity index (χ0) is 15.5. The van der Waals surface area contributed by atoms with Crippen LogP contribution in [0.15, 0.2) is 46.2 Å². The van der Waals surface area contributed by atoms with Gasteiger partial charge < -0.3 is 14.0 Å². The van der Waals surface area contributed by atoms with Crippen molar-refractivity contribution in [1.82, 2.24) is 10.1 Å². The molecular formula is C15H14N2O5. The highest BCUT2D eigenvalue weighted by Crippen LogP contribution is 2.26. The summed E-state index contributed by atoms with van der Waals surface area (Å²) in [6.07, 6.45) is 7.09. The summed E-state index contributed by atoms with van der Waals surface area (Å²) < 4.78 is 14.9. The van der Waals surface area contributed by atoms with Gasteiger partial charge in [0.05, 0.1) is 13.2 Å². The number of fused-ring (bicyclic) bond motifs is 1. The molecule has 0 atom stereocenters. The van der Waals surface area contributed by atoms with E-state index < -0.39 is 12.1 Å². The number of hydrogen-bond acceptors (Lipinski definition) is 6. The third-order valence-electron chi connectivity index (χ3n) is 3.20. The van der Waals surface area contributed by atoms with Gasteiger partial charge in [-0.3, -0.25) is 4.90 Å². The van der Waals surface area contributed by atoms with E-state index in [9.17, 15) is 9.59 Å². The van der Waals surface area contributed by atoms with Gasteiger partial charge in [-0.15, -0.1) is 0 Å². The van der Waals surface area contributed by atoms with Crippen LogP contribution in [0.3, 0.4) is 0 Å². The molecule has 2 heterocycles. The first kappa shape index (κ1) is 14.1. The first-order chi connectivity index (χ1) is 10.7. The van der Waals surface area contributed by atoms with Gasteiger partial charge in [-0.2, -0.15) is 0 Å². The number of amides is 1. The summed E-state index contributed by atoms with van der Waals surface area (Å²) in [5.41, 5.74) is 2.16. The molecule has 1 amide bonds. The Bertz CT molecular complexity index is 699. The van der Waals surface area contributed by atoms with Crippen LogP contribution in [0.4, 0.5) is 4.79 Å². The summed E-state index contributed by atoms with van der Waals surface area (Å²) in [6.45, 7) is 2.35. The number of carbonyl (C=O) groups is 2. The average Bonchev–Trinajstić information content (AvgIpc) is 3.20. The van der Waals surface area contributed by atoms with Crippen molar-refractivity contribution in [3.05, 3.63) is 53.1 Å². The molecule has 3 rings (SSSR count). The minimum Gasteiger partial charge on any atom is -0.461 e. The van der Waals surface area contributed by atoms with E-state index in [2.05, 4.69) is 5.16 Å². The van der Waals surface area contributed by atoms with Gasteiger partial charge >= 0.3 is 12.1 Å². The topological polar surface area (TPSA) is 81.9 Å². The fourth-order valence-electron chi connectivity index (χ4n) is 2.15. The highest BCUT2D eigenvalue weighted by atomic mass is 16.6. The maximum atomic E-state index is 11.9. The summed E-state index contributed by atoms with van der Waals surface area (Å²) in [4.78, 5) is 24.9. The van der Waals surface area contributed by atoms with Crippen molar-refractivity contribution >= 4 is 12.1 Å². The molecule has 0 bridgehead atoms. The number of rotatable bonds is 4. The standard InChI is InChI=1S/C15H14N2O5/c1-2-20-14(18)13-6-12(22-16-13)9-21-15(19)17-7-10-4-3-5-11(10)8-17/h3-7H,2,8-9H2,1H3. The monoisotopic (exact) mass is 302 g/mol. The van der Waals surface area contributed by atoms with Gasteiger partial charge in [0.15, 0.2) is 18.1 Å². The lowest BCUT2D eigenvalue weighted by Crippen LogP contribution is -2.24. The van der Waals surface area contributed by atoms with Gasteiger partial charge in [0, 0.05) is 12.3 Å². The van der Waals surface area contributed by atoms with Crippen LogP contribution in [0.5, 0.6) is 0 Å². The number of nitrogens with zero attached hydrogens (tertiary/aromatic N) is 2. The molecule has 0 saturated heterocycles. The van der Waals surface area contributed by atoms with Gasteiger partial charge in [-0.25, -0.2) is 9.59 Å². The lowest BCUT2D eigenvalue weighted by molar-refractivity contribution is 0.0513. The predicted molar refractivity (Wildman–Crippen MR) is 74.7 cm³/mol. The zero-order valence-corrected chi connectivity index (χ0v) is 11.9. The molecular weight excluding hydrogens is 288 g/mol. The van der Waals surface area contributed by atoms with Crippen LogP contribution in [0.25, 0.3) is 0 Å². The minimum atomic E-state index is -0.570. The number of ether oxygens (including phenoxy) is 2. The van der Waals surface area contributed by atoms with Crippen molar-refractivity contribution in [3.63, 3.8) is 0 Å². The molecule has 0 aromatic carbocycles. The molecule has 22 heavy (non-hydrogen) atoms. The predicted octanol–water partition coefficient (Wildman–Crippen LogP) is 2.18. The van der Waals surface area contributed by atoms with E-state index in [4.69, 9.17) is 14.0 Å². The summed E-state index contributed by atoms with van der Waals surface area (Å²) in [5, 5.41) is 3.57. The Morgan fingerprint density at radius 1 is 1.41 bits per heavy atom. The fraction of sp³-hybridized carbons (Fsp3) is 0.267. The Kier molecular flexibility index (Phi) is 3.78. The Balaban J connectivity index is 1.54. The summed E-state index contributed by atoms with van der Waals surface area (Å²) in [7, 11) is 0. The van der Waals surface area contributed by atoms with Crippen LogP contribution >= 0.6 is 0 Å². The third-order valence-corrected chi connectivity index (χ3v) is 3.20. The van der Waals surface area contributed by atoms with Crippen molar-refractivity contribution in [2.45, 2.75) is 13.5 Å². The van der Waals surface area contributed by atoms with Crippen molar-refractivity contribution in [3.8, 4) is 0 Å². The molecule has 1 aliphatic heterocycles. The maximum absolute atomic E-state index is 11.9. The van der Waals surface area contributed by atoms with Gasteiger partial charge in [-0.05, 0) is 18.1 Å². The SMILES string of the molecule is CCOC(=O)c1cc(COC(=O)N2C=C3C=CC=C3C2)on1. The van der Waals surface area contributed by atoms with E-state index in [1.165, 1.54) is 11.0 Å². The van der Waals surface area contributed by atoms with Gasteiger partial charge in [-0.1, -0.05) is 23.4 Å². The molecule has 0 saturated carbocycles. The Morgan fingerprint density at radius 3 is 3.05 bits per heavy atom. The van der Waals surface area contributed by atoms with Crippen molar-refractivity contribution in [2.75, 3.05) is 13.2 Å². The Morgan fingerprint density at radius 2 is 2.27 bits per heavy atom. The van der Waals surface area contributed by atoms with Crippen LogP contribution in [0.1, 0.15) is 23.2 Å². The van der Waals surface area contributed by atoms with Crippen molar-refractivity contribution in [2.24, 2.45) is 0 Å². The Labute approximate surface area is 126 Å². The summed E-state index contributed by atoms with van der Waals surface area (Å²) in [5.74, 6) is -0.290. The second-order valence-electron chi connectivity index (χ2n) is 4.72. The van der Waals surface area contributed by atoms with Crippen molar-refractivity contribution < 1.29 is 23.6 Å². The quantitative estimate of drug-likeness (QED) is 0.793. The second-order valence-corrected chi connectivity index (χ2v) is 4.72. The molecule has 7 heteroatoms. The maximum Gasteiger partial charge on any atom is 0.414 e. The van der Waals surface area contributed by atoms with E-state index in [0.29, 0.717) is 6.54 Å². The molecule has 0 unspecified atom stereocenters. The van der Waals surface area contributed by atoms with Crippen LogP contribution in [0, 0.1) is 0 Å². The van der Waals surface area contributed by atoms with E-state index in [1.54, 1.807) is 13.1 Å². The lowest BCUT2D eigenvalue weighted by atomic mass is 10.2. The van der Waals surface area contributed by atoms with Gasteiger partial charge in [0.1, 0.15) is 0 Å². The zero-order valence-electron chi connectivity index (χ0n) is 11.9. The first-order valence-corrected chi connectivity index (χ1v) is 6.83. The molecule has 0 spiro atoms. The number of carbonyl (C=O) groups excluding carboxylic acids is 2. The third kappa shape index (κ3) is 2.78. The largest absolute Gasteiger partial charge is 0.461 e. The first-order valence-electron chi connectivity index (χ1n) is 6.83. The van der Waals surface area contributed by atoms with Crippen LogP contribution < -0.4 is 0 Å². The fourth-order valence-corrected chi connectivity index (χ4v) is 2.15. The number of allylic oxidation sites excluding steroid dienone is 3. The van der Waals surface area contributed by atoms with E-state index in [1.807, 2.05) is 18.2 Å². The highest BCUT2D eigenvalue weighted by molar-refractivity contribution is 5.87. The summed E-state index contributed by atoms with van der Waals surface area (Å²) >= 11 is 0. The molecule has 1 aliphatic carbocycles. The van der Waals surface area contributed by atoms with Crippen LogP contribution in [-0.4, -0.2) is 35.3 Å². The Hall–Kier alpha value is -2.83. The summed E-state index contributed by atoms with van der Waals surface area (Å²) in [6, 6.07) is 1.40. The molecule has 114 valence electrons. The minimum absolute atomic E-state index is 0.0565. The normalized spacial score (nSPS) is 15.4. The van der Waals surface area contributed by atoms with Crippen LogP contribution in [-0.2, 0) is 16.1 Å². The molecule has 0 N–H and O–H groups in total. The number of aromatic nitrogens is 1. The van der Waals surface area contributed by atoms with E-state index in [0.717, 1.165) is 11.1 Å². The average molecular weight is 302 g/mol. The molecule has 0 fully saturated rings. The second kappa shape index (κ2) is 5.88. The number of esters is 1. The highest BCUT2D eigenvalue weighted by Gasteiger charge is 2.24. The molecule has 0 radical (unpaired) electrons. The van der Waals surface area contributed by atoms with E-state index in [-0.39, 0.29) is 24.7 Å². The van der Waals surface area contributed by atoms with Crippen molar-refractivity contribution in [1.29, 1.82) is 0 Å². The van der Waals surface area contributed by atoms with Gasteiger partial charge in [0.25, 0.3) is 0 Å². The smallest absolute Gasteiger partial charge is 0.414 e. The molecule has 1 aromatic rings. The molecule has 2 aliphatic rings. The lowest BCUT2D eigenvalue weighted by Gasteiger charge is -2.12. The number of hydrogen-bond donors (Lipinski definition) is 0. The molecule has 1 aromatic heterocycles. The molecule has 7 nitrogen and oxygen atoms in total. The van der Waals surface area contributed by atoms with E-state index >= 15 is 0 Å². The van der Waals surface area contributed by atoms with Gasteiger partial charge in [0.2, 0.25) is 0 Å². The van der Waals surface area contributed by atoms with Crippen LogP contribution in [0.2, 0.25) is 0 Å².